The van der Waals surface area contributed by atoms with Crippen molar-refractivity contribution < 1.29 is 9.13 Å². The Morgan fingerprint density at radius 2 is 2.10 bits per heavy atom. The highest BCUT2D eigenvalue weighted by molar-refractivity contribution is 6.31. The molecule has 0 radical (unpaired) electrons. The Morgan fingerprint density at radius 3 is 2.88 bits per heavy atom. The monoisotopic (exact) mass is 593 g/mol. The molecule has 0 saturated carbocycles. The quantitative estimate of drug-likeness (QED) is 0.138. The molecule has 0 unspecified atom stereocenters. The summed E-state index contributed by atoms with van der Waals surface area (Å²) >= 11 is 6.25. The van der Waals surface area contributed by atoms with Crippen LogP contribution in [0.5, 0.6) is 5.75 Å². The first-order valence-corrected chi connectivity index (χ1v) is 14.7. The number of nitrogens with zero attached hydrogens (tertiary/aromatic N) is 4. The predicted octanol–water partition coefficient (Wildman–Crippen LogP) is 4.80. The first-order chi connectivity index (χ1) is 20.2. The normalized spacial score (nSPS) is 14.9. The Morgan fingerprint density at radius 1 is 1.26 bits per heavy atom. The standard InChI is InChI=1S/C31H37ClFN7O2/c1-19(34)5-3-6-21-13-25(29(33)26(32)14-21)27-15-23-18-40(31(41)38-30(23)37-27)24-8-7-22-17-39(10-4-9-36-20(2)35)11-12-42-28(22)16-24/h7-8,13-16,18-19H,3-6,9-12,17,34H2,1-2H3,(H2,35,36)(H,37,38,41)/t19-/m0/s1. The van der Waals surface area contributed by atoms with Crippen LogP contribution in [0.25, 0.3) is 28.0 Å². The summed E-state index contributed by atoms with van der Waals surface area (Å²) in [6, 6.07) is 11.1. The zero-order chi connectivity index (χ0) is 29.8. The molecular weight excluding hydrogens is 557 g/mol. The van der Waals surface area contributed by atoms with Crippen molar-refractivity contribution in [2.45, 2.75) is 52.1 Å². The molecule has 0 spiro atoms. The topological polar surface area (TPSA) is 128 Å². The number of aromatic amines is 1. The number of halogens is 2. The largest absolute Gasteiger partial charge is 0.492 e. The molecule has 11 heteroatoms. The fraction of sp³-hybridized carbons (Fsp3) is 0.387. The summed E-state index contributed by atoms with van der Waals surface area (Å²) in [6.07, 6.45) is 5.10. The molecule has 0 bridgehead atoms. The van der Waals surface area contributed by atoms with Gasteiger partial charge in [-0.05, 0) is 69.4 Å². The van der Waals surface area contributed by atoms with E-state index < -0.39 is 11.5 Å². The van der Waals surface area contributed by atoms with Gasteiger partial charge in [0.1, 0.15) is 18.0 Å². The molecule has 9 nitrogen and oxygen atoms in total. The lowest BCUT2D eigenvalue weighted by atomic mass is 10.0. The number of hydrogen-bond acceptors (Lipinski definition) is 6. The second-order valence-corrected chi connectivity index (χ2v) is 11.4. The van der Waals surface area contributed by atoms with Crippen LogP contribution in [0.3, 0.4) is 0 Å². The molecule has 2 aromatic carbocycles. The van der Waals surface area contributed by atoms with Crippen molar-refractivity contribution in [2.75, 3.05) is 26.2 Å². The molecule has 222 valence electrons. The second kappa shape index (κ2) is 13.1. The van der Waals surface area contributed by atoms with Crippen LogP contribution in [0.1, 0.15) is 44.2 Å². The summed E-state index contributed by atoms with van der Waals surface area (Å²) in [5.41, 5.74) is 14.9. The Labute approximate surface area is 249 Å². The molecular formula is C31H37ClFN7O2. The molecule has 3 heterocycles. The van der Waals surface area contributed by atoms with Gasteiger partial charge >= 0.3 is 5.69 Å². The van der Waals surface area contributed by atoms with Gasteiger partial charge in [-0.15, -0.1) is 0 Å². The fourth-order valence-electron chi connectivity index (χ4n) is 5.24. The van der Waals surface area contributed by atoms with Crippen LogP contribution < -0.4 is 21.9 Å². The number of ether oxygens (including phenoxy) is 1. The Kier molecular flexibility index (Phi) is 9.25. The van der Waals surface area contributed by atoms with Crippen LogP contribution in [0, 0.1) is 5.82 Å². The lowest BCUT2D eigenvalue weighted by molar-refractivity contribution is 0.225. The SMILES string of the molecule is CC(N)=NCCCN1CCOc2cc(-n3cc4cc(-c5cc(CCC[C@H](C)N)cc(Cl)c5F)[nH]c4nc3=O)ccc2C1. The van der Waals surface area contributed by atoms with E-state index in [0.29, 0.717) is 47.0 Å². The molecule has 1 atom stereocenters. The summed E-state index contributed by atoms with van der Waals surface area (Å²) in [6.45, 7) is 7.43. The molecule has 1 aliphatic rings. The number of H-pyrrole nitrogens is 1. The molecule has 42 heavy (non-hydrogen) atoms. The molecule has 5 N–H and O–H groups in total. The number of rotatable bonds is 10. The molecule has 0 saturated heterocycles. The average Bonchev–Trinajstić information content (AvgIpc) is 3.23. The molecule has 0 amide bonds. The van der Waals surface area contributed by atoms with Crippen LogP contribution in [-0.2, 0) is 13.0 Å². The van der Waals surface area contributed by atoms with E-state index in [9.17, 15) is 4.79 Å². The molecule has 0 aliphatic carbocycles. The van der Waals surface area contributed by atoms with Gasteiger partial charge in [-0.2, -0.15) is 4.98 Å². The van der Waals surface area contributed by atoms with E-state index in [1.54, 1.807) is 31.3 Å². The van der Waals surface area contributed by atoms with Crippen molar-refractivity contribution >= 4 is 28.5 Å². The van der Waals surface area contributed by atoms with E-state index in [1.165, 1.54) is 4.57 Å². The number of benzene rings is 2. The predicted molar refractivity (Wildman–Crippen MR) is 166 cm³/mol. The van der Waals surface area contributed by atoms with Crippen molar-refractivity contribution in [3.05, 3.63) is 75.0 Å². The summed E-state index contributed by atoms with van der Waals surface area (Å²) in [5.74, 6) is 0.819. The van der Waals surface area contributed by atoms with Crippen LogP contribution >= 0.6 is 11.6 Å². The zero-order valence-electron chi connectivity index (χ0n) is 24.0. The first-order valence-electron chi connectivity index (χ1n) is 14.3. The van der Waals surface area contributed by atoms with Gasteiger partial charge in [0.15, 0.2) is 5.82 Å². The highest BCUT2D eigenvalue weighted by Gasteiger charge is 2.18. The van der Waals surface area contributed by atoms with Crippen LogP contribution in [-0.4, -0.2) is 57.6 Å². The number of aromatic nitrogens is 3. The lowest BCUT2D eigenvalue weighted by Gasteiger charge is -2.18. The number of amidine groups is 1. The second-order valence-electron chi connectivity index (χ2n) is 11.0. The molecule has 1 aliphatic heterocycles. The number of nitrogens with two attached hydrogens (primary N) is 2. The molecule has 5 rings (SSSR count). The molecule has 4 aromatic rings. The number of aliphatic imine (C=N–C) groups is 1. The number of nitrogens with one attached hydrogen (secondary N) is 1. The van der Waals surface area contributed by atoms with Gasteiger partial charge in [-0.25, -0.2) is 9.18 Å². The third kappa shape index (κ3) is 7.00. The van der Waals surface area contributed by atoms with E-state index >= 15 is 4.39 Å². The third-order valence-corrected chi connectivity index (χ3v) is 7.67. The van der Waals surface area contributed by atoms with Crippen molar-refractivity contribution in [3.63, 3.8) is 0 Å². The highest BCUT2D eigenvalue weighted by Crippen LogP contribution is 2.32. The van der Waals surface area contributed by atoms with Gasteiger partial charge < -0.3 is 21.2 Å². The van der Waals surface area contributed by atoms with Gasteiger partial charge in [0.25, 0.3) is 0 Å². The minimum atomic E-state index is -0.520. The van der Waals surface area contributed by atoms with E-state index in [1.807, 2.05) is 25.1 Å². The fourth-order valence-corrected chi connectivity index (χ4v) is 5.48. The van der Waals surface area contributed by atoms with Gasteiger partial charge in [0.2, 0.25) is 0 Å². The Hall–Kier alpha value is -3.73. The maximum Gasteiger partial charge on any atom is 0.354 e. The summed E-state index contributed by atoms with van der Waals surface area (Å²) in [4.78, 5) is 27.0. The van der Waals surface area contributed by atoms with E-state index in [2.05, 4.69) is 19.9 Å². The number of fused-ring (bicyclic) bond motifs is 2. The average molecular weight is 594 g/mol. The zero-order valence-corrected chi connectivity index (χ0v) is 24.8. The van der Waals surface area contributed by atoms with Crippen molar-refractivity contribution in [1.82, 2.24) is 19.4 Å². The van der Waals surface area contributed by atoms with Crippen molar-refractivity contribution in [3.8, 4) is 22.7 Å². The van der Waals surface area contributed by atoms with Crippen molar-refractivity contribution in [1.29, 1.82) is 0 Å². The smallest absolute Gasteiger partial charge is 0.354 e. The van der Waals surface area contributed by atoms with Gasteiger partial charge in [0, 0.05) is 61.0 Å². The van der Waals surface area contributed by atoms with Crippen LogP contribution in [0.15, 0.2) is 52.4 Å². The van der Waals surface area contributed by atoms with Crippen LogP contribution in [0.4, 0.5) is 4.39 Å². The van der Waals surface area contributed by atoms with Gasteiger partial charge in [-0.1, -0.05) is 17.7 Å². The number of aryl methyl sites for hydroxylation is 1. The number of hydrogen-bond donors (Lipinski definition) is 3. The maximum atomic E-state index is 15.1. The van der Waals surface area contributed by atoms with Crippen molar-refractivity contribution in [2.24, 2.45) is 16.5 Å². The summed E-state index contributed by atoms with van der Waals surface area (Å²) in [5, 5.41) is 0.720. The summed E-state index contributed by atoms with van der Waals surface area (Å²) in [7, 11) is 0. The van der Waals surface area contributed by atoms with E-state index in [0.717, 1.165) is 62.2 Å². The van der Waals surface area contributed by atoms with Crippen LogP contribution in [0.2, 0.25) is 5.02 Å². The Balaban J connectivity index is 1.39. The third-order valence-electron chi connectivity index (χ3n) is 7.39. The highest BCUT2D eigenvalue weighted by atomic mass is 35.5. The minimum Gasteiger partial charge on any atom is -0.492 e. The van der Waals surface area contributed by atoms with Gasteiger partial charge in [0.05, 0.1) is 22.2 Å². The minimum absolute atomic E-state index is 0.0530. The Bertz CT molecular complexity index is 1660. The van der Waals surface area contributed by atoms with E-state index in [4.69, 9.17) is 27.8 Å². The molecule has 0 fully saturated rings. The first kappa shape index (κ1) is 29.8. The van der Waals surface area contributed by atoms with E-state index in [-0.39, 0.29) is 11.1 Å². The van der Waals surface area contributed by atoms with Gasteiger partial charge in [-0.3, -0.25) is 14.5 Å². The molecule has 2 aromatic heterocycles. The summed E-state index contributed by atoms with van der Waals surface area (Å²) < 4.78 is 22.7. The maximum absolute atomic E-state index is 15.1. The lowest BCUT2D eigenvalue weighted by Crippen LogP contribution is -2.27.